The minimum Gasteiger partial charge on any atom is -0.452 e. The monoisotopic (exact) mass is 402 g/mol. The van der Waals surface area contributed by atoms with Gasteiger partial charge in [-0.2, -0.15) is 0 Å². The van der Waals surface area contributed by atoms with Gasteiger partial charge in [0.15, 0.2) is 6.61 Å². The summed E-state index contributed by atoms with van der Waals surface area (Å²) in [4.78, 5) is 39.5. The van der Waals surface area contributed by atoms with Crippen molar-refractivity contribution < 1.29 is 19.1 Å². The van der Waals surface area contributed by atoms with Crippen LogP contribution in [0.1, 0.15) is 50.4 Å². The van der Waals surface area contributed by atoms with Crippen molar-refractivity contribution in [1.29, 1.82) is 0 Å². The molecule has 0 aromatic heterocycles. The lowest BCUT2D eigenvalue weighted by molar-refractivity contribution is -0.135. The smallest absolute Gasteiger partial charge is 0.338 e. The summed E-state index contributed by atoms with van der Waals surface area (Å²) in [5.41, 5.74) is 1.34. The lowest BCUT2D eigenvalue weighted by Crippen LogP contribution is -2.39. The van der Waals surface area contributed by atoms with Crippen LogP contribution in [0.15, 0.2) is 23.1 Å². The molecule has 1 aromatic carbocycles. The van der Waals surface area contributed by atoms with E-state index < -0.39 is 5.97 Å². The number of carbonyl (C=O) groups is 3. The largest absolute Gasteiger partial charge is 0.452 e. The Labute approximate surface area is 169 Å². The highest BCUT2D eigenvalue weighted by molar-refractivity contribution is 8.00. The maximum atomic E-state index is 12.7. The summed E-state index contributed by atoms with van der Waals surface area (Å²) in [6, 6.07) is 5.31. The van der Waals surface area contributed by atoms with Crippen LogP contribution in [0.5, 0.6) is 0 Å². The molecular formula is C21H26N2O4S. The molecule has 1 saturated heterocycles. The SMILES string of the molecule is CC1(C)C[C@H]2C[C@@](C)(CN2C(=O)COC(=O)c2ccc3c(c2)NC(=O)CS3)C1. The maximum absolute atomic E-state index is 12.7. The molecule has 2 aliphatic heterocycles. The predicted molar refractivity (Wildman–Crippen MR) is 107 cm³/mol. The number of esters is 1. The molecule has 4 rings (SSSR count). The molecule has 1 saturated carbocycles. The van der Waals surface area contributed by atoms with Gasteiger partial charge in [-0.3, -0.25) is 9.59 Å². The summed E-state index contributed by atoms with van der Waals surface area (Å²) < 4.78 is 5.30. The number of hydrogen-bond donors (Lipinski definition) is 1. The van der Waals surface area contributed by atoms with Gasteiger partial charge in [-0.05, 0) is 48.3 Å². The number of rotatable bonds is 3. The zero-order valence-corrected chi connectivity index (χ0v) is 17.4. The summed E-state index contributed by atoms with van der Waals surface area (Å²) in [6.45, 7) is 7.26. The zero-order chi connectivity index (χ0) is 20.1. The van der Waals surface area contributed by atoms with Crippen LogP contribution in [0.4, 0.5) is 5.69 Å². The van der Waals surface area contributed by atoms with E-state index in [0.717, 1.165) is 30.7 Å². The van der Waals surface area contributed by atoms with Crippen LogP contribution in [0.3, 0.4) is 0 Å². The number of amides is 2. The Balaban J connectivity index is 1.38. The van der Waals surface area contributed by atoms with Gasteiger partial charge in [-0.1, -0.05) is 20.8 Å². The summed E-state index contributed by atoms with van der Waals surface area (Å²) in [5.74, 6) is -0.385. The van der Waals surface area contributed by atoms with Gasteiger partial charge >= 0.3 is 5.97 Å². The van der Waals surface area contributed by atoms with Gasteiger partial charge in [0.25, 0.3) is 5.91 Å². The lowest BCUT2D eigenvalue weighted by Gasteiger charge is -2.39. The Morgan fingerprint density at radius 2 is 2.07 bits per heavy atom. The van der Waals surface area contributed by atoms with Crippen LogP contribution in [0, 0.1) is 10.8 Å². The number of ether oxygens (including phenoxy) is 1. The Morgan fingerprint density at radius 3 is 2.86 bits per heavy atom. The van der Waals surface area contributed by atoms with Gasteiger partial charge in [0.2, 0.25) is 5.91 Å². The number of thioether (sulfide) groups is 1. The Morgan fingerprint density at radius 1 is 1.29 bits per heavy atom. The molecule has 0 spiro atoms. The van der Waals surface area contributed by atoms with Crippen LogP contribution in [0.25, 0.3) is 0 Å². The lowest BCUT2D eigenvalue weighted by atomic mass is 9.65. The Bertz CT molecular complexity index is 853. The average molecular weight is 403 g/mol. The van der Waals surface area contributed by atoms with Gasteiger partial charge in [0, 0.05) is 17.5 Å². The van der Waals surface area contributed by atoms with Crippen molar-refractivity contribution in [2.45, 2.75) is 51.0 Å². The van der Waals surface area contributed by atoms with Crippen LogP contribution < -0.4 is 5.32 Å². The third-order valence-electron chi connectivity index (χ3n) is 5.91. The van der Waals surface area contributed by atoms with Crippen molar-refractivity contribution in [2.75, 3.05) is 24.2 Å². The summed E-state index contributed by atoms with van der Waals surface area (Å²) in [5, 5.41) is 2.76. The highest BCUT2D eigenvalue weighted by Gasteiger charge is 2.50. The van der Waals surface area contributed by atoms with Crippen molar-refractivity contribution >= 4 is 35.2 Å². The molecule has 2 bridgehead atoms. The Kier molecular flexibility index (Phi) is 4.68. The first-order valence-electron chi connectivity index (χ1n) is 9.68. The molecule has 2 atom stereocenters. The van der Waals surface area contributed by atoms with Gasteiger partial charge in [0.05, 0.1) is 17.0 Å². The molecule has 2 amide bonds. The molecule has 2 heterocycles. The van der Waals surface area contributed by atoms with Crippen molar-refractivity contribution in [3.05, 3.63) is 23.8 Å². The molecule has 7 heteroatoms. The van der Waals surface area contributed by atoms with E-state index in [4.69, 9.17) is 4.74 Å². The van der Waals surface area contributed by atoms with Crippen LogP contribution in [-0.4, -0.2) is 47.6 Å². The third kappa shape index (κ3) is 3.77. The predicted octanol–water partition coefficient (Wildman–Crippen LogP) is 3.31. The molecule has 150 valence electrons. The standard InChI is InChI=1S/C21H26N2O4S/c1-20(2)7-14-8-21(3,11-20)12-23(14)18(25)9-27-19(26)13-4-5-16-15(6-13)22-17(24)10-28-16/h4-6,14H,7-12H2,1-3H3,(H,22,24)/t14-,21+/m0/s1. The number of nitrogens with zero attached hydrogens (tertiary/aromatic N) is 1. The minimum absolute atomic E-state index is 0.0882. The summed E-state index contributed by atoms with van der Waals surface area (Å²) in [7, 11) is 0. The second kappa shape index (κ2) is 6.79. The van der Waals surface area contributed by atoms with Gasteiger partial charge in [0.1, 0.15) is 0 Å². The summed E-state index contributed by atoms with van der Waals surface area (Å²) >= 11 is 1.44. The van der Waals surface area contributed by atoms with Crippen molar-refractivity contribution in [1.82, 2.24) is 4.90 Å². The molecule has 0 unspecified atom stereocenters. The molecule has 2 fully saturated rings. The second-order valence-corrected chi connectivity index (χ2v) is 10.4. The normalized spacial score (nSPS) is 27.8. The van der Waals surface area contributed by atoms with Gasteiger partial charge in [-0.15, -0.1) is 11.8 Å². The molecular weight excluding hydrogens is 376 g/mol. The van der Waals surface area contributed by atoms with E-state index in [2.05, 4.69) is 26.1 Å². The quantitative estimate of drug-likeness (QED) is 0.785. The van der Waals surface area contributed by atoms with Crippen LogP contribution in [0.2, 0.25) is 0 Å². The fourth-order valence-electron chi connectivity index (χ4n) is 5.26. The van der Waals surface area contributed by atoms with Gasteiger partial charge < -0.3 is 15.0 Å². The summed E-state index contributed by atoms with van der Waals surface area (Å²) in [6.07, 6.45) is 3.13. The van der Waals surface area contributed by atoms with E-state index in [1.165, 1.54) is 11.8 Å². The second-order valence-electron chi connectivity index (χ2n) is 9.36. The van der Waals surface area contributed by atoms with E-state index in [-0.39, 0.29) is 35.3 Å². The number of benzene rings is 1. The number of carbonyl (C=O) groups excluding carboxylic acids is 3. The van der Waals surface area contributed by atoms with Crippen molar-refractivity contribution in [3.8, 4) is 0 Å². The first-order valence-corrected chi connectivity index (χ1v) is 10.7. The number of hydrogen-bond acceptors (Lipinski definition) is 5. The number of nitrogens with one attached hydrogen (secondary N) is 1. The van der Waals surface area contributed by atoms with Crippen molar-refractivity contribution in [3.63, 3.8) is 0 Å². The van der Waals surface area contributed by atoms with Crippen molar-refractivity contribution in [2.24, 2.45) is 10.8 Å². The first kappa shape index (κ1) is 19.3. The molecule has 1 aliphatic carbocycles. The maximum Gasteiger partial charge on any atom is 0.338 e. The fourth-order valence-corrected chi connectivity index (χ4v) is 6.04. The zero-order valence-electron chi connectivity index (χ0n) is 16.5. The van der Waals surface area contributed by atoms with E-state index in [0.29, 0.717) is 17.0 Å². The highest BCUT2D eigenvalue weighted by Crippen LogP contribution is 2.52. The average Bonchev–Trinajstić information content (AvgIpc) is 2.87. The van der Waals surface area contributed by atoms with E-state index in [1.807, 2.05) is 4.90 Å². The van der Waals surface area contributed by atoms with Gasteiger partial charge in [-0.25, -0.2) is 4.79 Å². The molecule has 1 aromatic rings. The highest BCUT2D eigenvalue weighted by atomic mass is 32.2. The van der Waals surface area contributed by atoms with E-state index in [1.54, 1.807) is 18.2 Å². The molecule has 3 aliphatic rings. The number of fused-ring (bicyclic) bond motifs is 3. The van der Waals surface area contributed by atoms with E-state index >= 15 is 0 Å². The number of anilines is 1. The Hall–Kier alpha value is -2.02. The minimum atomic E-state index is -0.547. The fraction of sp³-hybridized carbons (Fsp3) is 0.571. The first-order chi connectivity index (χ1) is 13.1. The van der Waals surface area contributed by atoms with E-state index in [9.17, 15) is 14.4 Å². The molecule has 6 nitrogen and oxygen atoms in total. The van der Waals surface area contributed by atoms with Crippen LogP contribution in [-0.2, 0) is 14.3 Å². The molecule has 28 heavy (non-hydrogen) atoms. The third-order valence-corrected chi connectivity index (χ3v) is 6.98. The van der Waals surface area contributed by atoms with Crippen LogP contribution >= 0.6 is 11.8 Å². The number of likely N-dealkylation sites (tertiary alicyclic amines) is 1. The topological polar surface area (TPSA) is 75.7 Å². The molecule has 1 N–H and O–H groups in total. The molecule has 0 radical (unpaired) electrons.